The molecule has 0 saturated carbocycles. The quantitative estimate of drug-likeness (QED) is 0.802. The van der Waals surface area contributed by atoms with Crippen molar-refractivity contribution in [2.24, 2.45) is 0 Å². The summed E-state index contributed by atoms with van der Waals surface area (Å²) in [5.74, 6) is 0. The van der Waals surface area contributed by atoms with Crippen LogP contribution in [0, 0.1) is 0 Å². The van der Waals surface area contributed by atoms with Gasteiger partial charge in [0.25, 0.3) is 0 Å². The fourth-order valence-corrected chi connectivity index (χ4v) is 2.62. The van der Waals surface area contributed by atoms with Gasteiger partial charge in [-0.3, -0.25) is 4.79 Å². The van der Waals surface area contributed by atoms with E-state index >= 15 is 0 Å². The molecule has 2 heterocycles. The highest BCUT2D eigenvalue weighted by Crippen LogP contribution is 2.28. The molecule has 1 aromatic heterocycles. The maximum atomic E-state index is 10.8. The minimum Gasteiger partial charge on any atom is -0.370 e. The van der Waals surface area contributed by atoms with E-state index in [9.17, 15) is 4.79 Å². The number of rotatable bonds is 2. The average Bonchev–Trinajstić information content (AvgIpc) is 2.82. The number of benzene rings is 1. The molecule has 3 rings (SSSR count). The smallest absolute Gasteiger partial charge is 0.166 e. The second-order valence-corrected chi connectivity index (χ2v) is 4.63. The monoisotopic (exact) mass is 228 g/mol. The summed E-state index contributed by atoms with van der Waals surface area (Å²) in [7, 11) is 0. The number of fused-ring (bicyclic) bond motifs is 1. The lowest BCUT2D eigenvalue weighted by atomic mass is 10.1. The summed E-state index contributed by atoms with van der Waals surface area (Å²) in [6.45, 7) is 2.24. The molecule has 1 saturated heterocycles. The van der Waals surface area contributed by atoms with Crippen molar-refractivity contribution in [3.63, 3.8) is 0 Å². The number of carbonyl (C=O) groups is 1. The number of aromatic amines is 1. The lowest BCUT2D eigenvalue weighted by Crippen LogP contribution is -2.29. The first-order chi connectivity index (χ1) is 8.38. The van der Waals surface area contributed by atoms with Crippen LogP contribution in [0.5, 0.6) is 0 Å². The Morgan fingerprint density at radius 2 is 2.00 bits per heavy atom. The first-order valence-electron chi connectivity index (χ1n) is 6.20. The normalized spacial score (nSPS) is 16.4. The van der Waals surface area contributed by atoms with Crippen LogP contribution in [0.1, 0.15) is 29.8 Å². The number of aldehydes is 1. The van der Waals surface area contributed by atoms with E-state index in [0.29, 0.717) is 5.69 Å². The van der Waals surface area contributed by atoms with Crippen LogP contribution >= 0.6 is 0 Å². The number of hydrogen-bond acceptors (Lipinski definition) is 2. The molecule has 1 aliphatic heterocycles. The van der Waals surface area contributed by atoms with Gasteiger partial charge < -0.3 is 9.88 Å². The van der Waals surface area contributed by atoms with E-state index in [1.165, 1.54) is 24.9 Å². The van der Waals surface area contributed by atoms with Gasteiger partial charge in [0.1, 0.15) is 0 Å². The number of aromatic nitrogens is 1. The third kappa shape index (κ3) is 1.82. The number of nitrogens with zero attached hydrogens (tertiary/aromatic N) is 1. The summed E-state index contributed by atoms with van der Waals surface area (Å²) in [6, 6.07) is 8.16. The van der Waals surface area contributed by atoms with Crippen molar-refractivity contribution >= 4 is 22.9 Å². The fraction of sp³-hybridized carbons (Fsp3) is 0.357. The van der Waals surface area contributed by atoms with Gasteiger partial charge in [-0.05, 0) is 31.4 Å². The number of carbonyl (C=O) groups excluding carboxylic acids is 1. The van der Waals surface area contributed by atoms with Crippen LogP contribution in [0.15, 0.2) is 24.3 Å². The van der Waals surface area contributed by atoms with E-state index in [1.54, 1.807) is 0 Å². The fourth-order valence-electron chi connectivity index (χ4n) is 2.62. The molecule has 3 nitrogen and oxygen atoms in total. The summed E-state index contributed by atoms with van der Waals surface area (Å²) >= 11 is 0. The van der Waals surface area contributed by atoms with Gasteiger partial charge in [-0.15, -0.1) is 0 Å². The minimum atomic E-state index is 0.657. The Hall–Kier alpha value is -1.77. The van der Waals surface area contributed by atoms with Gasteiger partial charge in [0.2, 0.25) is 0 Å². The number of para-hydroxylation sites is 1. The summed E-state index contributed by atoms with van der Waals surface area (Å²) in [5, 5.41) is 1.12. The zero-order valence-electron chi connectivity index (χ0n) is 9.78. The Balaban J connectivity index is 2.08. The molecule has 1 aromatic carbocycles. The molecule has 1 N–H and O–H groups in total. The van der Waals surface area contributed by atoms with E-state index in [4.69, 9.17) is 0 Å². The Labute approximate surface area is 100 Å². The van der Waals surface area contributed by atoms with E-state index in [2.05, 4.69) is 22.0 Å². The molecular weight excluding hydrogens is 212 g/mol. The molecule has 0 unspecified atom stereocenters. The number of hydrogen-bond donors (Lipinski definition) is 1. The van der Waals surface area contributed by atoms with Crippen molar-refractivity contribution in [2.75, 3.05) is 18.0 Å². The lowest BCUT2D eigenvalue weighted by molar-refractivity contribution is 0.112. The Morgan fingerprint density at radius 3 is 2.76 bits per heavy atom. The third-order valence-electron chi connectivity index (χ3n) is 3.48. The number of piperidine rings is 1. The summed E-state index contributed by atoms with van der Waals surface area (Å²) in [5.41, 5.74) is 2.98. The molecule has 1 aliphatic rings. The van der Waals surface area contributed by atoms with Crippen LogP contribution in [0.3, 0.4) is 0 Å². The minimum absolute atomic E-state index is 0.657. The van der Waals surface area contributed by atoms with Crippen LogP contribution in [0.4, 0.5) is 5.69 Å². The van der Waals surface area contributed by atoms with Gasteiger partial charge in [-0.25, -0.2) is 0 Å². The molecule has 1 fully saturated rings. The molecule has 0 radical (unpaired) electrons. The predicted molar refractivity (Wildman–Crippen MR) is 69.8 cm³/mol. The first kappa shape index (κ1) is 10.4. The highest BCUT2D eigenvalue weighted by Gasteiger charge is 2.14. The third-order valence-corrected chi connectivity index (χ3v) is 3.48. The molecule has 2 aromatic rings. The second-order valence-electron chi connectivity index (χ2n) is 4.63. The van der Waals surface area contributed by atoms with E-state index in [0.717, 1.165) is 30.3 Å². The van der Waals surface area contributed by atoms with Crippen LogP contribution in [-0.2, 0) is 0 Å². The largest absolute Gasteiger partial charge is 0.370 e. The van der Waals surface area contributed by atoms with E-state index in [-0.39, 0.29) is 0 Å². The van der Waals surface area contributed by atoms with E-state index in [1.807, 2.05) is 12.1 Å². The second kappa shape index (κ2) is 4.24. The summed E-state index contributed by atoms with van der Waals surface area (Å²) in [6.07, 6.45) is 4.73. The average molecular weight is 228 g/mol. The maximum absolute atomic E-state index is 10.8. The first-order valence-corrected chi connectivity index (χ1v) is 6.20. The van der Waals surface area contributed by atoms with Gasteiger partial charge in [-0.2, -0.15) is 0 Å². The van der Waals surface area contributed by atoms with Crippen LogP contribution < -0.4 is 4.90 Å². The molecule has 17 heavy (non-hydrogen) atoms. The van der Waals surface area contributed by atoms with Crippen molar-refractivity contribution in [1.29, 1.82) is 0 Å². The van der Waals surface area contributed by atoms with Gasteiger partial charge in [0.05, 0.1) is 16.9 Å². The number of nitrogens with one attached hydrogen (secondary N) is 1. The molecule has 88 valence electrons. The van der Waals surface area contributed by atoms with Crippen molar-refractivity contribution in [3.8, 4) is 0 Å². The van der Waals surface area contributed by atoms with Gasteiger partial charge in [-0.1, -0.05) is 12.1 Å². The number of anilines is 1. The van der Waals surface area contributed by atoms with Gasteiger partial charge in [0, 0.05) is 18.5 Å². The molecule has 0 bridgehead atoms. The van der Waals surface area contributed by atoms with Crippen molar-refractivity contribution < 1.29 is 4.79 Å². The van der Waals surface area contributed by atoms with Crippen molar-refractivity contribution in [2.45, 2.75) is 19.3 Å². The van der Waals surface area contributed by atoms with Crippen molar-refractivity contribution in [1.82, 2.24) is 4.98 Å². The van der Waals surface area contributed by atoms with Crippen LogP contribution in [-0.4, -0.2) is 24.4 Å². The molecule has 3 heteroatoms. The van der Waals surface area contributed by atoms with Crippen LogP contribution in [0.2, 0.25) is 0 Å². The van der Waals surface area contributed by atoms with Crippen molar-refractivity contribution in [3.05, 3.63) is 30.0 Å². The lowest BCUT2D eigenvalue weighted by Gasteiger charge is -2.29. The van der Waals surface area contributed by atoms with Gasteiger partial charge >= 0.3 is 0 Å². The zero-order chi connectivity index (χ0) is 11.7. The Morgan fingerprint density at radius 1 is 1.18 bits per heavy atom. The molecule has 0 atom stereocenters. The predicted octanol–water partition coefficient (Wildman–Crippen LogP) is 2.97. The summed E-state index contributed by atoms with van der Waals surface area (Å²) in [4.78, 5) is 16.4. The number of H-pyrrole nitrogens is 1. The highest BCUT2D eigenvalue weighted by atomic mass is 16.1. The van der Waals surface area contributed by atoms with Gasteiger partial charge in [0.15, 0.2) is 6.29 Å². The molecule has 0 amide bonds. The Kier molecular flexibility index (Phi) is 2.59. The standard InChI is InChI=1S/C14H16N2O/c17-10-12-9-11-5-4-6-13(14(11)15-12)16-7-2-1-3-8-16/h4-6,9-10,15H,1-3,7-8H2. The summed E-state index contributed by atoms with van der Waals surface area (Å²) < 4.78 is 0. The molecule has 0 spiro atoms. The zero-order valence-corrected chi connectivity index (χ0v) is 9.78. The molecule has 0 aliphatic carbocycles. The topological polar surface area (TPSA) is 36.1 Å². The Bertz CT molecular complexity index is 538. The molecular formula is C14H16N2O. The highest BCUT2D eigenvalue weighted by molar-refractivity contribution is 5.95. The SMILES string of the molecule is O=Cc1cc2cccc(N3CCCCC3)c2[nH]1. The van der Waals surface area contributed by atoms with Crippen LogP contribution in [0.25, 0.3) is 10.9 Å². The maximum Gasteiger partial charge on any atom is 0.166 e. The van der Waals surface area contributed by atoms with E-state index < -0.39 is 0 Å².